The van der Waals surface area contributed by atoms with Crippen molar-refractivity contribution < 1.29 is 18.3 Å². The third-order valence-electron chi connectivity index (χ3n) is 4.06. The van der Waals surface area contributed by atoms with Crippen LogP contribution in [0.4, 0.5) is 8.78 Å². The molecule has 0 aliphatic heterocycles. The van der Waals surface area contributed by atoms with E-state index in [1.54, 1.807) is 18.3 Å². The molecule has 3 aromatic rings. The average molecular weight is 403 g/mol. The van der Waals surface area contributed by atoms with Crippen LogP contribution in [0.5, 0.6) is 11.6 Å². The molecule has 0 saturated heterocycles. The predicted octanol–water partition coefficient (Wildman–Crippen LogP) is 5.35. The van der Waals surface area contributed by atoms with E-state index in [9.17, 15) is 13.6 Å². The third-order valence-corrected chi connectivity index (χ3v) is 4.38. The molecule has 0 aliphatic rings. The molecule has 2 aromatic carbocycles. The molecule has 0 unspecified atom stereocenters. The molecule has 0 fully saturated rings. The Balaban J connectivity index is 1.64. The van der Waals surface area contributed by atoms with Crippen LogP contribution in [0, 0.1) is 25.5 Å². The van der Waals surface area contributed by atoms with Gasteiger partial charge in [-0.2, -0.15) is 0 Å². The van der Waals surface area contributed by atoms with E-state index in [0.717, 1.165) is 29.0 Å². The minimum atomic E-state index is -1.14. The van der Waals surface area contributed by atoms with Crippen molar-refractivity contribution in [1.29, 1.82) is 0 Å². The Morgan fingerprint density at radius 1 is 1.11 bits per heavy atom. The molecule has 1 N–H and O–H groups in total. The monoisotopic (exact) mass is 402 g/mol. The van der Waals surface area contributed by atoms with Gasteiger partial charge in [-0.05, 0) is 48.7 Å². The van der Waals surface area contributed by atoms with Crippen molar-refractivity contribution in [1.82, 2.24) is 10.3 Å². The Morgan fingerprint density at radius 3 is 2.57 bits per heavy atom. The molecule has 0 bridgehead atoms. The number of amides is 1. The fourth-order valence-corrected chi connectivity index (χ4v) is 2.72. The number of pyridine rings is 1. The Kier molecular flexibility index (Phi) is 5.90. The van der Waals surface area contributed by atoms with Gasteiger partial charge in [0.25, 0.3) is 5.91 Å². The van der Waals surface area contributed by atoms with Gasteiger partial charge >= 0.3 is 0 Å². The van der Waals surface area contributed by atoms with Crippen molar-refractivity contribution in [2.45, 2.75) is 20.4 Å². The molecule has 7 heteroatoms. The minimum Gasteiger partial charge on any atom is -0.439 e. The Bertz CT molecular complexity index is 1020. The van der Waals surface area contributed by atoms with Crippen molar-refractivity contribution in [2.24, 2.45) is 0 Å². The summed E-state index contributed by atoms with van der Waals surface area (Å²) in [6, 6.07) is 10.9. The largest absolute Gasteiger partial charge is 0.439 e. The van der Waals surface area contributed by atoms with Crippen LogP contribution in [0.15, 0.2) is 48.7 Å². The summed E-state index contributed by atoms with van der Waals surface area (Å²) in [5, 5.41) is 2.43. The maximum atomic E-state index is 13.3. The molecular weight excluding hydrogens is 386 g/mol. The van der Waals surface area contributed by atoms with Crippen molar-refractivity contribution in [2.75, 3.05) is 0 Å². The van der Waals surface area contributed by atoms with Crippen LogP contribution in [0.3, 0.4) is 0 Å². The summed E-state index contributed by atoms with van der Waals surface area (Å²) in [4.78, 5) is 16.4. The molecule has 1 amide bonds. The van der Waals surface area contributed by atoms with E-state index in [1.165, 1.54) is 0 Å². The maximum Gasteiger partial charge on any atom is 0.253 e. The van der Waals surface area contributed by atoms with Gasteiger partial charge in [-0.15, -0.1) is 0 Å². The number of benzene rings is 2. The molecule has 0 saturated carbocycles. The topological polar surface area (TPSA) is 51.2 Å². The molecule has 1 heterocycles. The van der Waals surface area contributed by atoms with Crippen LogP contribution >= 0.6 is 11.6 Å². The highest BCUT2D eigenvalue weighted by Crippen LogP contribution is 2.25. The van der Waals surface area contributed by atoms with E-state index in [0.29, 0.717) is 11.4 Å². The van der Waals surface area contributed by atoms with E-state index in [2.05, 4.69) is 10.3 Å². The number of halogens is 3. The normalized spacial score (nSPS) is 10.6. The summed E-state index contributed by atoms with van der Waals surface area (Å²) in [5.74, 6) is -1.71. The lowest BCUT2D eigenvalue weighted by atomic mass is 10.1. The molecule has 0 spiro atoms. The lowest BCUT2D eigenvalue weighted by Crippen LogP contribution is -2.23. The predicted molar refractivity (Wildman–Crippen MR) is 103 cm³/mol. The lowest BCUT2D eigenvalue weighted by Gasteiger charge is -2.10. The number of rotatable bonds is 5. The molecule has 144 valence electrons. The number of aromatic nitrogens is 1. The number of carbonyl (C=O) groups is 1. The van der Waals surface area contributed by atoms with Crippen LogP contribution in [0.2, 0.25) is 5.02 Å². The minimum absolute atomic E-state index is 0.136. The first-order valence-electron chi connectivity index (χ1n) is 8.46. The van der Waals surface area contributed by atoms with Crippen LogP contribution in [0.1, 0.15) is 27.0 Å². The summed E-state index contributed by atoms with van der Waals surface area (Å²) >= 11 is 5.80. The van der Waals surface area contributed by atoms with Crippen LogP contribution in [-0.4, -0.2) is 10.9 Å². The fourth-order valence-electron chi connectivity index (χ4n) is 2.48. The molecule has 0 radical (unpaired) electrons. The first kappa shape index (κ1) is 19.8. The molecule has 28 heavy (non-hydrogen) atoms. The summed E-state index contributed by atoms with van der Waals surface area (Å²) in [7, 11) is 0. The second kappa shape index (κ2) is 8.35. The van der Waals surface area contributed by atoms with Crippen LogP contribution in [0.25, 0.3) is 0 Å². The summed E-state index contributed by atoms with van der Waals surface area (Å²) in [5.41, 5.74) is 2.65. The number of carbonyl (C=O) groups excluding carboxylic acids is 1. The highest BCUT2D eigenvalue weighted by Gasteiger charge is 2.15. The highest BCUT2D eigenvalue weighted by molar-refractivity contribution is 6.33. The van der Waals surface area contributed by atoms with Gasteiger partial charge in [0.15, 0.2) is 11.6 Å². The summed E-state index contributed by atoms with van der Waals surface area (Å²) in [6.45, 7) is 4.07. The van der Waals surface area contributed by atoms with Gasteiger partial charge in [-0.25, -0.2) is 13.8 Å². The van der Waals surface area contributed by atoms with Gasteiger partial charge in [0.1, 0.15) is 5.75 Å². The zero-order valence-electron chi connectivity index (χ0n) is 15.2. The molecule has 4 nitrogen and oxygen atoms in total. The Morgan fingerprint density at radius 2 is 1.86 bits per heavy atom. The van der Waals surface area contributed by atoms with Gasteiger partial charge in [0.2, 0.25) is 5.88 Å². The SMILES string of the molecule is Cc1ccc(C)c(Oc2ccc(CNC(=O)c3cc(F)c(F)cc3Cl)cn2)c1. The molecule has 0 aliphatic carbocycles. The number of nitrogens with zero attached hydrogens (tertiary/aromatic N) is 1. The summed E-state index contributed by atoms with van der Waals surface area (Å²) in [6.07, 6.45) is 1.56. The number of aryl methyl sites for hydroxylation is 2. The van der Waals surface area contributed by atoms with Crippen molar-refractivity contribution in [3.63, 3.8) is 0 Å². The van der Waals surface area contributed by atoms with Crippen molar-refractivity contribution in [3.05, 3.63) is 87.6 Å². The van der Waals surface area contributed by atoms with E-state index in [-0.39, 0.29) is 17.1 Å². The van der Waals surface area contributed by atoms with Crippen LogP contribution < -0.4 is 10.1 Å². The molecular formula is C21H17ClF2N2O2. The maximum absolute atomic E-state index is 13.3. The third kappa shape index (κ3) is 4.64. The Hall–Kier alpha value is -2.99. The van der Waals surface area contributed by atoms with E-state index < -0.39 is 17.5 Å². The lowest BCUT2D eigenvalue weighted by molar-refractivity contribution is 0.0950. The standard InChI is InChI=1S/C21H17ClF2N2O2/c1-12-3-4-13(2)19(7-12)28-20-6-5-14(10-25-20)11-26-21(27)15-8-17(23)18(24)9-16(15)22/h3-10H,11H2,1-2H3,(H,26,27). The molecule has 0 atom stereocenters. The van der Waals surface area contributed by atoms with E-state index >= 15 is 0 Å². The fraction of sp³-hybridized carbons (Fsp3) is 0.143. The number of hydrogen-bond donors (Lipinski definition) is 1. The van der Waals surface area contributed by atoms with Crippen LogP contribution in [-0.2, 0) is 6.54 Å². The zero-order valence-corrected chi connectivity index (χ0v) is 16.0. The van der Waals surface area contributed by atoms with E-state index in [4.69, 9.17) is 16.3 Å². The van der Waals surface area contributed by atoms with Gasteiger partial charge in [-0.3, -0.25) is 4.79 Å². The van der Waals surface area contributed by atoms with Gasteiger partial charge in [0.05, 0.1) is 10.6 Å². The highest BCUT2D eigenvalue weighted by atomic mass is 35.5. The molecule has 3 rings (SSSR count). The second-order valence-electron chi connectivity index (χ2n) is 6.30. The first-order valence-corrected chi connectivity index (χ1v) is 8.84. The zero-order chi connectivity index (χ0) is 20.3. The van der Waals surface area contributed by atoms with Gasteiger partial charge < -0.3 is 10.1 Å². The Labute approximate surface area is 166 Å². The van der Waals surface area contributed by atoms with Crippen molar-refractivity contribution in [3.8, 4) is 11.6 Å². The average Bonchev–Trinajstić information content (AvgIpc) is 2.67. The number of hydrogen-bond acceptors (Lipinski definition) is 3. The number of ether oxygens (including phenoxy) is 1. The number of nitrogens with one attached hydrogen (secondary N) is 1. The second-order valence-corrected chi connectivity index (χ2v) is 6.71. The summed E-state index contributed by atoms with van der Waals surface area (Å²) < 4.78 is 32.2. The first-order chi connectivity index (χ1) is 13.3. The van der Waals surface area contributed by atoms with Gasteiger partial charge in [0, 0.05) is 18.8 Å². The van der Waals surface area contributed by atoms with Gasteiger partial charge in [-0.1, -0.05) is 29.8 Å². The van der Waals surface area contributed by atoms with E-state index in [1.807, 2.05) is 32.0 Å². The van der Waals surface area contributed by atoms with Crippen molar-refractivity contribution >= 4 is 17.5 Å². The smallest absolute Gasteiger partial charge is 0.253 e. The quantitative estimate of drug-likeness (QED) is 0.585. The molecule has 1 aromatic heterocycles.